The topological polar surface area (TPSA) is 118 Å². The van der Waals surface area contributed by atoms with E-state index in [0.29, 0.717) is 17.2 Å². The maximum absolute atomic E-state index is 14.2. The van der Waals surface area contributed by atoms with Crippen LogP contribution < -0.4 is 9.80 Å². The highest BCUT2D eigenvalue weighted by Gasteiger charge is 2.64. The van der Waals surface area contributed by atoms with Gasteiger partial charge in [-0.25, -0.2) is 19.5 Å². The van der Waals surface area contributed by atoms with Gasteiger partial charge in [0.1, 0.15) is 10.4 Å². The zero-order valence-electron chi connectivity index (χ0n) is 18.7. The first kappa shape index (κ1) is 24.1. The van der Waals surface area contributed by atoms with Crippen LogP contribution in [0.25, 0.3) is 0 Å². The second kappa shape index (κ2) is 8.78. The van der Waals surface area contributed by atoms with Gasteiger partial charge in [-0.1, -0.05) is 46.7 Å². The zero-order chi connectivity index (χ0) is 25.8. The summed E-state index contributed by atoms with van der Waals surface area (Å²) in [6, 6.07) is 12.9. The Hall–Kier alpha value is -3.65. The molecule has 1 N–H and O–H groups in total. The van der Waals surface area contributed by atoms with Gasteiger partial charge in [0.15, 0.2) is 5.13 Å². The second-order valence-corrected chi connectivity index (χ2v) is 10.4. The van der Waals surface area contributed by atoms with Crippen molar-refractivity contribution in [2.45, 2.75) is 11.5 Å². The lowest BCUT2D eigenvalue weighted by atomic mass is 9.80. The molecule has 3 aromatic rings. The average Bonchev–Trinajstić information content (AvgIpc) is 3.53. The van der Waals surface area contributed by atoms with Crippen LogP contribution in [-0.2, 0) is 4.79 Å². The number of nitrogens with zero attached hydrogens (tertiary/aromatic N) is 5. The molecule has 36 heavy (non-hydrogen) atoms. The molecule has 2 saturated heterocycles. The van der Waals surface area contributed by atoms with Gasteiger partial charge in [-0.05, 0) is 35.9 Å². The van der Waals surface area contributed by atoms with E-state index >= 15 is 0 Å². The first-order valence-electron chi connectivity index (χ1n) is 10.7. The van der Waals surface area contributed by atoms with E-state index in [-0.39, 0.29) is 27.2 Å². The van der Waals surface area contributed by atoms with Crippen LogP contribution in [0, 0.1) is 11.3 Å². The van der Waals surface area contributed by atoms with Crippen LogP contribution in [0.2, 0.25) is 10.0 Å². The quantitative estimate of drug-likeness (QED) is 0.484. The predicted octanol–water partition coefficient (Wildman–Crippen LogP) is 4.46. The lowest BCUT2D eigenvalue weighted by Crippen LogP contribution is -2.53. The molecule has 9 nitrogen and oxygen atoms in total. The van der Waals surface area contributed by atoms with E-state index in [1.54, 1.807) is 31.3 Å². The van der Waals surface area contributed by atoms with Gasteiger partial charge in [-0.2, -0.15) is 5.26 Å². The molecule has 1 spiro atoms. The molecular formula is C24H17Cl2N5O4S. The molecule has 0 aliphatic carbocycles. The molecule has 3 amide bonds. The van der Waals surface area contributed by atoms with Crippen molar-refractivity contribution in [3.63, 3.8) is 0 Å². The van der Waals surface area contributed by atoms with Crippen molar-refractivity contribution in [3.8, 4) is 6.07 Å². The second-order valence-electron chi connectivity index (χ2n) is 8.51. The number of amides is 3. The molecule has 0 bridgehead atoms. The third-order valence-corrected chi connectivity index (χ3v) is 8.07. The van der Waals surface area contributed by atoms with Crippen molar-refractivity contribution < 1.29 is 19.5 Å². The summed E-state index contributed by atoms with van der Waals surface area (Å²) in [5, 5.41) is 19.5. The Bertz CT molecular complexity index is 1430. The predicted molar refractivity (Wildman–Crippen MR) is 135 cm³/mol. The lowest BCUT2D eigenvalue weighted by molar-refractivity contribution is -0.124. The zero-order valence-corrected chi connectivity index (χ0v) is 21.0. The van der Waals surface area contributed by atoms with Crippen molar-refractivity contribution in [2.75, 3.05) is 29.9 Å². The minimum Gasteiger partial charge on any atom is -0.477 e. The number of imide groups is 1. The molecule has 2 aromatic carbocycles. The van der Waals surface area contributed by atoms with E-state index < -0.39 is 29.4 Å². The van der Waals surface area contributed by atoms with Crippen molar-refractivity contribution in [3.05, 3.63) is 74.7 Å². The van der Waals surface area contributed by atoms with Crippen molar-refractivity contribution in [1.29, 1.82) is 5.26 Å². The summed E-state index contributed by atoms with van der Waals surface area (Å²) < 4.78 is 0. The molecule has 2 aliphatic rings. The number of hydrogen-bond acceptors (Lipinski definition) is 7. The highest BCUT2D eigenvalue weighted by Crippen LogP contribution is 2.48. The summed E-state index contributed by atoms with van der Waals surface area (Å²) >= 11 is 13.3. The first-order chi connectivity index (χ1) is 17.1. The third-order valence-electron chi connectivity index (χ3n) is 6.58. The molecule has 2 aliphatic heterocycles. The van der Waals surface area contributed by atoms with Crippen molar-refractivity contribution in [1.82, 2.24) is 9.88 Å². The number of rotatable bonds is 4. The number of aromatic carboxylic acids is 1. The minimum atomic E-state index is -1.32. The Labute approximate surface area is 219 Å². The summed E-state index contributed by atoms with van der Waals surface area (Å²) in [6.45, 7) is 0.391. The van der Waals surface area contributed by atoms with Crippen LogP contribution >= 0.6 is 34.5 Å². The maximum Gasteiger partial charge on any atom is 0.347 e. The SMILES string of the molecule is CN1C(=O)N(c2cc(Cl)cc(Cl)c2)C(=O)[C@]12CN(c1ncc(C(=O)O)s1)C[C@H]2c1ccc(C#N)cc1. The summed E-state index contributed by atoms with van der Waals surface area (Å²) in [7, 11) is 1.57. The highest BCUT2D eigenvalue weighted by atomic mass is 35.5. The number of benzene rings is 2. The molecule has 0 radical (unpaired) electrons. The molecule has 0 unspecified atom stereocenters. The summed E-state index contributed by atoms with van der Waals surface area (Å²) in [6.07, 6.45) is 1.27. The van der Waals surface area contributed by atoms with E-state index in [4.69, 9.17) is 23.2 Å². The standard InChI is InChI=1S/C24H17Cl2N5O4S/c1-29-23(35)31(17-7-15(25)6-16(26)8-17)21(34)24(29)12-30(22-28-10-19(36-22)20(32)33)11-18(24)14-4-2-13(9-27)3-5-14/h2-8,10,18H,11-12H2,1H3,(H,32,33)/t18-,24+/m0/s1. The molecule has 0 saturated carbocycles. The van der Waals surface area contributed by atoms with Gasteiger partial charge in [-0.15, -0.1) is 0 Å². The third kappa shape index (κ3) is 3.67. The molecule has 5 rings (SSSR count). The van der Waals surface area contributed by atoms with Crippen LogP contribution in [0.4, 0.5) is 15.6 Å². The van der Waals surface area contributed by atoms with Crippen LogP contribution in [0.3, 0.4) is 0 Å². The van der Waals surface area contributed by atoms with Crippen LogP contribution in [0.5, 0.6) is 0 Å². The number of aromatic nitrogens is 1. The number of nitriles is 1. The van der Waals surface area contributed by atoms with Gasteiger partial charge >= 0.3 is 12.0 Å². The van der Waals surface area contributed by atoms with Gasteiger partial charge in [-0.3, -0.25) is 4.79 Å². The van der Waals surface area contributed by atoms with E-state index in [2.05, 4.69) is 11.1 Å². The van der Waals surface area contributed by atoms with Gasteiger partial charge in [0, 0.05) is 29.6 Å². The summed E-state index contributed by atoms with van der Waals surface area (Å²) in [5.41, 5.74) is 0.150. The molecule has 2 fully saturated rings. The number of carboxylic acid groups (broad SMARTS) is 1. The Morgan fingerprint density at radius 1 is 1.19 bits per heavy atom. The smallest absolute Gasteiger partial charge is 0.347 e. The number of carbonyl (C=O) groups is 3. The lowest BCUT2D eigenvalue weighted by Gasteiger charge is -2.33. The highest BCUT2D eigenvalue weighted by molar-refractivity contribution is 7.17. The average molecular weight is 542 g/mol. The fourth-order valence-electron chi connectivity index (χ4n) is 4.86. The summed E-state index contributed by atoms with van der Waals surface area (Å²) in [4.78, 5) is 47.7. The number of carbonyl (C=O) groups excluding carboxylic acids is 2. The van der Waals surface area contributed by atoms with Crippen LogP contribution in [0.15, 0.2) is 48.7 Å². The van der Waals surface area contributed by atoms with Gasteiger partial charge < -0.3 is 14.9 Å². The van der Waals surface area contributed by atoms with E-state index in [0.717, 1.165) is 21.8 Å². The van der Waals surface area contributed by atoms with Gasteiger partial charge in [0.2, 0.25) is 0 Å². The number of anilines is 2. The molecule has 1 aromatic heterocycles. The maximum atomic E-state index is 14.2. The number of hydrogen-bond donors (Lipinski definition) is 1. The van der Waals surface area contributed by atoms with Crippen molar-refractivity contribution >= 4 is 63.3 Å². The Kier molecular flexibility index (Phi) is 5.87. The van der Waals surface area contributed by atoms with E-state index in [1.165, 1.54) is 29.3 Å². The molecule has 2 atom stereocenters. The van der Waals surface area contributed by atoms with Crippen molar-refractivity contribution in [2.24, 2.45) is 0 Å². The minimum absolute atomic E-state index is 0.0678. The molecule has 182 valence electrons. The van der Waals surface area contributed by atoms with Gasteiger partial charge in [0.05, 0.1) is 30.1 Å². The molecular weight excluding hydrogens is 525 g/mol. The van der Waals surface area contributed by atoms with Crippen LogP contribution in [-0.4, -0.2) is 58.6 Å². The number of thiazole rings is 1. The Morgan fingerprint density at radius 2 is 1.86 bits per heavy atom. The van der Waals surface area contributed by atoms with E-state index in [1.807, 2.05) is 4.90 Å². The first-order valence-corrected chi connectivity index (χ1v) is 12.3. The Balaban J connectivity index is 1.62. The van der Waals surface area contributed by atoms with E-state index in [9.17, 15) is 24.8 Å². The normalized spacial score (nSPS) is 21.5. The monoisotopic (exact) mass is 541 g/mol. The number of carboxylic acids is 1. The van der Waals surface area contributed by atoms with Gasteiger partial charge in [0.25, 0.3) is 5.91 Å². The molecule has 3 heterocycles. The van der Waals surface area contributed by atoms with Crippen LogP contribution in [0.1, 0.15) is 26.7 Å². The fraction of sp³-hybridized carbons (Fsp3) is 0.208. The molecule has 12 heteroatoms. The number of halogens is 2. The Morgan fingerprint density at radius 3 is 2.44 bits per heavy atom. The largest absolute Gasteiger partial charge is 0.477 e. The summed E-state index contributed by atoms with van der Waals surface area (Å²) in [5.74, 6) is -2.05. The number of urea groups is 1. The number of likely N-dealkylation sites (N-methyl/N-ethyl adjacent to an activating group) is 1. The fourth-order valence-corrected chi connectivity index (χ4v) is 6.14.